The van der Waals surface area contributed by atoms with Crippen molar-refractivity contribution in [3.8, 4) is 44.5 Å². The Balaban J connectivity index is 0.886. The van der Waals surface area contributed by atoms with Crippen molar-refractivity contribution in [2.45, 2.75) is 11.3 Å². The maximum Gasteiger partial charge on any atom is 0.414 e. The molecule has 2 aliphatic carbocycles. The Morgan fingerprint density at radius 1 is 0.408 bits per heavy atom. The van der Waals surface area contributed by atoms with Crippen molar-refractivity contribution >= 4 is 46.6 Å². The monoisotopic (exact) mass is 969 g/mol. The Bertz CT molecular complexity index is 3910. The van der Waals surface area contributed by atoms with Crippen molar-refractivity contribution in [2.24, 2.45) is 0 Å². The minimum atomic E-state index is -0.526. The van der Waals surface area contributed by atoms with Crippen LogP contribution in [0.5, 0.6) is 0 Å². The summed E-state index contributed by atoms with van der Waals surface area (Å²) in [4.78, 5) is 4.96. The van der Waals surface area contributed by atoms with Crippen LogP contribution in [0.3, 0.4) is 0 Å². The van der Waals surface area contributed by atoms with Crippen molar-refractivity contribution in [3.05, 3.63) is 331 Å². The van der Waals surface area contributed by atoms with Gasteiger partial charge in [-0.05, 0) is 127 Å². The summed E-state index contributed by atoms with van der Waals surface area (Å²) in [5.41, 5.74) is 23.4. The van der Waals surface area contributed by atoms with Crippen molar-refractivity contribution in [2.75, 3.05) is 14.9 Å². The predicted octanol–water partition coefficient (Wildman–Crippen LogP) is 17.7. The number of hydrogen-bond donors (Lipinski definition) is 1. The fourth-order valence-corrected chi connectivity index (χ4v) is 12.5. The Morgan fingerprint density at radius 2 is 0.947 bits per heavy atom. The highest BCUT2D eigenvalue weighted by Crippen LogP contribution is 2.59. The summed E-state index contributed by atoms with van der Waals surface area (Å²) in [5.74, 6) is 0.201. The maximum atomic E-state index is 4.01. The lowest BCUT2D eigenvalue weighted by Gasteiger charge is -2.40. The largest absolute Gasteiger partial charge is 0.414 e. The molecule has 1 aliphatic heterocycles. The first kappa shape index (κ1) is 45.0. The summed E-state index contributed by atoms with van der Waals surface area (Å²) < 4.78 is 0. The first-order valence-corrected chi connectivity index (χ1v) is 26.4. The molecule has 11 aromatic carbocycles. The Kier molecular flexibility index (Phi) is 11.3. The predicted molar refractivity (Wildman–Crippen MR) is 320 cm³/mol. The molecule has 0 spiro atoms. The summed E-state index contributed by atoms with van der Waals surface area (Å²) in [6, 6.07) is 102. The molecule has 0 fully saturated rings. The Labute approximate surface area is 446 Å². The molecule has 0 amide bonds. The van der Waals surface area contributed by atoms with Crippen molar-refractivity contribution in [1.29, 1.82) is 0 Å². The number of nitrogens with one attached hydrogen (secondary N) is 1. The van der Waals surface area contributed by atoms with Crippen LogP contribution >= 0.6 is 0 Å². The van der Waals surface area contributed by atoms with E-state index in [-0.39, 0.29) is 12.9 Å². The van der Waals surface area contributed by atoms with Crippen molar-refractivity contribution < 1.29 is 0 Å². The molecule has 0 atom stereocenters. The molecule has 11 aromatic rings. The normalized spacial score (nSPS) is 13.7. The molecular formula is C72H52BN3. The Hall–Kier alpha value is -9.64. The molecule has 0 radical (unpaired) electrons. The van der Waals surface area contributed by atoms with E-state index in [0.717, 1.165) is 39.6 Å². The molecule has 3 nitrogen and oxygen atoms in total. The van der Waals surface area contributed by atoms with Crippen LogP contribution < -0.4 is 20.4 Å². The minimum Gasteiger partial charge on any atom is -0.405 e. The lowest BCUT2D eigenvalue weighted by molar-refractivity contribution is 0.768. The van der Waals surface area contributed by atoms with Gasteiger partial charge in [0.1, 0.15) is 0 Å². The highest BCUT2D eigenvalue weighted by molar-refractivity contribution is 6.83. The highest BCUT2D eigenvalue weighted by atomic mass is 15.2. The van der Waals surface area contributed by atoms with Gasteiger partial charge < -0.3 is 14.9 Å². The topological polar surface area (TPSA) is 18.5 Å². The van der Waals surface area contributed by atoms with E-state index >= 15 is 0 Å². The number of allylic oxidation sites excluding steroid dienone is 4. The zero-order valence-electron chi connectivity index (χ0n) is 41.9. The number of fused-ring (bicyclic) bond motifs is 6. The fourth-order valence-electron chi connectivity index (χ4n) is 12.5. The second kappa shape index (κ2) is 19.0. The first-order valence-electron chi connectivity index (χ1n) is 26.4. The molecule has 1 heterocycles. The van der Waals surface area contributed by atoms with E-state index in [1.54, 1.807) is 0 Å². The molecule has 0 bridgehead atoms. The van der Waals surface area contributed by atoms with Crippen LogP contribution in [-0.4, -0.2) is 6.98 Å². The zero-order valence-corrected chi connectivity index (χ0v) is 41.9. The molecule has 0 saturated carbocycles. The molecule has 76 heavy (non-hydrogen) atoms. The van der Waals surface area contributed by atoms with Crippen LogP contribution in [-0.2, 0) is 5.41 Å². The number of hydrogen-bond acceptors (Lipinski definition) is 3. The number of rotatable bonds is 11. The van der Waals surface area contributed by atoms with Gasteiger partial charge in [0.25, 0.3) is 0 Å². The third kappa shape index (κ3) is 7.52. The van der Waals surface area contributed by atoms with Crippen LogP contribution in [0.25, 0.3) is 44.5 Å². The van der Waals surface area contributed by atoms with Crippen molar-refractivity contribution in [3.63, 3.8) is 0 Å². The second-order valence-electron chi connectivity index (χ2n) is 20.0. The average Bonchev–Trinajstić information content (AvgIpc) is 4.33. The van der Waals surface area contributed by atoms with E-state index in [1.807, 2.05) is 0 Å². The SMILES string of the molecule is C1=CC(c2cccc3c2B(Nc2ccccc2)N(c2ccc(-c4ccc(N(c5cccc(-c6ccccc6)c5)c5cccc6c5-c5ccccc5C6(c5ccccc5)c5ccccc5)cc4)cc2)c2ccccc2-3)C=C1. The van der Waals surface area contributed by atoms with Gasteiger partial charge in [-0.1, -0.05) is 243 Å². The smallest absolute Gasteiger partial charge is 0.405 e. The molecule has 14 rings (SSSR count). The lowest BCUT2D eigenvalue weighted by Crippen LogP contribution is -2.56. The zero-order chi connectivity index (χ0) is 50.4. The van der Waals surface area contributed by atoms with Gasteiger partial charge >= 0.3 is 6.98 Å². The first-order chi connectivity index (χ1) is 37.7. The van der Waals surface area contributed by atoms with Crippen LogP contribution in [0.2, 0.25) is 0 Å². The van der Waals surface area contributed by atoms with Gasteiger partial charge in [0.2, 0.25) is 0 Å². The summed E-state index contributed by atoms with van der Waals surface area (Å²) in [6.07, 6.45) is 8.93. The second-order valence-corrected chi connectivity index (χ2v) is 20.0. The van der Waals surface area contributed by atoms with Crippen LogP contribution in [0.1, 0.15) is 33.7 Å². The van der Waals surface area contributed by atoms with Crippen LogP contribution in [0.4, 0.5) is 34.1 Å². The van der Waals surface area contributed by atoms with E-state index in [0.29, 0.717) is 0 Å². The fraction of sp³-hybridized carbons (Fsp3) is 0.0278. The molecule has 358 valence electrons. The van der Waals surface area contributed by atoms with Crippen LogP contribution in [0.15, 0.2) is 303 Å². The van der Waals surface area contributed by atoms with Gasteiger partial charge in [-0.15, -0.1) is 0 Å². The molecule has 3 aliphatic rings. The van der Waals surface area contributed by atoms with Gasteiger partial charge in [-0.2, -0.15) is 0 Å². The molecule has 0 aromatic heterocycles. The van der Waals surface area contributed by atoms with Gasteiger partial charge in [0, 0.05) is 45.5 Å². The molecular weight excluding hydrogens is 918 g/mol. The number of nitrogens with zero attached hydrogens (tertiary/aromatic N) is 2. The quantitative estimate of drug-likeness (QED) is 0.130. The standard InChI is InChI=1S/C72H52BN3/c1-5-22-51(23-6-1)55-26-19-33-61(50-55)75(69-41-21-39-67-70(69)65-35-15-17-38-66(65)72(67,56-27-7-2-8-28-56)57-29-9-3-10-30-57)59-46-42-52(43-47-59)53-44-48-60(49-45-53)76-68-40-18-16-34-63(68)64-37-20-36-62(54-24-13-14-25-54)71(64)73(76)74-58-31-11-4-12-32-58/h1-50,54,74H. The number of benzene rings is 11. The van der Waals surface area contributed by atoms with Crippen LogP contribution in [0, 0.1) is 0 Å². The van der Waals surface area contributed by atoms with E-state index in [4.69, 9.17) is 0 Å². The third-order valence-electron chi connectivity index (χ3n) is 15.8. The molecule has 0 saturated heterocycles. The summed E-state index contributed by atoms with van der Waals surface area (Å²) >= 11 is 0. The van der Waals surface area contributed by atoms with Gasteiger partial charge in [0.05, 0.1) is 11.1 Å². The van der Waals surface area contributed by atoms with E-state index in [1.165, 1.54) is 72.3 Å². The summed E-state index contributed by atoms with van der Waals surface area (Å²) in [7, 11) is 0. The maximum absolute atomic E-state index is 4.01. The van der Waals surface area contributed by atoms with Gasteiger partial charge in [-0.25, -0.2) is 0 Å². The molecule has 4 heteroatoms. The third-order valence-corrected chi connectivity index (χ3v) is 15.8. The van der Waals surface area contributed by atoms with Gasteiger partial charge in [0.15, 0.2) is 0 Å². The molecule has 1 N–H and O–H groups in total. The van der Waals surface area contributed by atoms with Gasteiger partial charge in [-0.3, -0.25) is 0 Å². The summed E-state index contributed by atoms with van der Waals surface area (Å²) in [5, 5.41) is 4.01. The Morgan fingerprint density at radius 3 is 1.66 bits per heavy atom. The number of anilines is 6. The summed E-state index contributed by atoms with van der Waals surface area (Å²) in [6.45, 7) is -0.167. The van der Waals surface area contributed by atoms with E-state index in [9.17, 15) is 0 Å². The molecule has 0 unspecified atom stereocenters. The van der Waals surface area contributed by atoms with E-state index < -0.39 is 5.41 Å². The lowest BCUT2D eigenvalue weighted by atomic mass is 9.57. The van der Waals surface area contributed by atoms with Crippen molar-refractivity contribution in [1.82, 2.24) is 0 Å². The highest BCUT2D eigenvalue weighted by Gasteiger charge is 2.47. The average molecular weight is 970 g/mol. The number of para-hydroxylation sites is 2. The van der Waals surface area contributed by atoms with E-state index in [2.05, 4.69) is 318 Å². The minimum absolute atomic E-state index is 0.167.